The molecule has 17 heavy (non-hydrogen) atoms. The van der Waals surface area contributed by atoms with Gasteiger partial charge in [0.1, 0.15) is 17.2 Å². The van der Waals surface area contributed by atoms with E-state index in [1.54, 1.807) is 6.92 Å². The van der Waals surface area contributed by atoms with E-state index in [0.29, 0.717) is 0 Å². The lowest BCUT2D eigenvalue weighted by Gasteiger charge is -2.12. The summed E-state index contributed by atoms with van der Waals surface area (Å²) in [4.78, 5) is 22.2. The highest BCUT2D eigenvalue weighted by atomic mass is 79.9. The molecule has 0 amide bonds. The minimum Gasteiger partial charge on any atom is -0.462 e. The Bertz CT molecular complexity index is 445. The van der Waals surface area contributed by atoms with Gasteiger partial charge in [-0.05, 0) is 25.5 Å². The van der Waals surface area contributed by atoms with Gasteiger partial charge >= 0.3 is 5.97 Å². The first-order valence-corrected chi connectivity index (χ1v) is 6.00. The number of Topliss-reactive ketones (excluding diaryl/α,β-unsaturated/α-hetero) is 1. The van der Waals surface area contributed by atoms with Gasteiger partial charge in [-0.25, -0.2) is 9.18 Å². The number of hydrogen-bond acceptors (Lipinski definition) is 3. The number of ketones is 1. The molecule has 1 aromatic carbocycles. The largest absolute Gasteiger partial charge is 0.462 e. The molecular formula is C12H12BrFO3. The number of rotatable bonds is 4. The minimum atomic E-state index is -0.758. The van der Waals surface area contributed by atoms with Crippen LogP contribution in [0.3, 0.4) is 0 Å². The average molecular weight is 303 g/mol. The van der Waals surface area contributed by atoms with Gasteiger partial charge in [-0.3, -0.25) is 4.79 Å². The van der Waals surface area contributed by atoms with E-state index in [9.17, 15) is 14.0 Å². The first-order chi connectivity index (χ1) is 7.99. The third-order valence-corrected chi connectivity index (χ3v) is 3.29. The lowest BCUT2D eigenvalue weighted by Crippen LogP contribution is -2.14. The molecule has 1 unspecified atom stereocenters. The normalized spacial score (nSPS) is 12.0. The van der Waals surface area contributed by atoms with Gasteiger partial charge in [-0.15, -0.1) is 0 Å². The Balaban J connectivity index is 3.26. The van der Waals surface area contributed by atoms with Crippen LogP contribution in [0.15, 0.2) is 18.2 Å². The van der Waals surface area contributed by atoms with Crippen LogP contribution in [0.4, 0.5) is 4.39 Å². The monoisotopic (exact) mass is 302 g/mol. The molecule has 0 saturated carbocycles. The zero-order valence-corrected chi connectivity index (χ0v) is 11.1. The first-order valence-electron chi connectivity index (χ1n) is 5.09. The van der Waals surface area contributed by atoms with Gasteiger partial charge in [-0.1, -0.05) is 28.1 Å². The highest BCUT2D eigenvalue weighted by Crippen LogP contribution is 2.28. The van der Waals surface area contributed by atoms with Crippen molar-refractivity contribution in [3.63, 3.8) is 0 Å². The number of carbonyl (C=O) groups excluding carboxylic acids is 2. The second-order valence-electron chi connectivity index (χ2n) is 3.40. The first kappa shape index (κ1) is 13.8. The molecule has 0 aliphatic carbocycles. The highest BCUT2D eigenvalue weighted by molar-refractivity contribution is 9.09. The van der Waals surface area contributed by atoms with E-state index in [0.717, 1.165) is 6.07 Å². The number of alkyl halides is 1. The molecule has 0 heterocycles. The molecule has 0 fully saturated rings. The summed E-state index contributed by atoms with van der Waals surface area (Å²) in [5.74, 6) is -1.65. The number of carbonyl (C=O) groups is 2. The summed E-state index contributed by atoms with van der Waals surface area (Å²) in [7, 11) is 0. The third kappa shape index (κ3) is 3.12. The summed E-state index contributed by atoms with van der Waals surface area (Å²) in [5.41, 5.74) is 0.0994. The molecule has 0 bridgehead atoms. The van der Waals surface area contributed by atoms with E-state index < -0.39 is 16.6 Å². The van der Waals surface area contributed by atoms with Crippen molar-refractivity contribution in [1.29, 1.82) is 0 Å². The van der Waals surface area contributed by atoms with E-state index in [1.165, 1.54) is 19.1 Å². The van der Waals surface area contributed by atoms with Gasteiger partial charge in [0.25, 0.3) is 0 Å². The van der Waals surface area contributed by atoms with Crippen LogP contribution in [0.2, 0.25) is 0 Å². The smallest absolute Gasteiger partial charge is 0.341 e. The number of esters is 1. The van der Waals surface area contributed by atoms with Crippen molar-refractivity contribution in [3.05, 3.63) is 35.1 Å². The molecular weight excluding hydrogens is 291 g/mol. The number of hydrogen-bond donors (Lipinski definition) is 0. The molecule has 0 spiro atoms. The second-order valence-corrected chi connectivity index (χ2v) is 4.31. The molecule has 0 aromatic heterocycles. The van der Waals surface area contributed by atoms with Gasteiger partial charge in [0.05, 0.1) is 11.4 Å². The Morgan fingerprint density at radius 3 is 2.65 bits per heavy atom. The summed E-state index contributed by atoms with van der Waals surface area (Å²) in [6.45, 7) is 3.15. The van der Waals surface area contributed by atoms with Crippen LogP contribution < -0.4 is 0 Å². The fourth-order valence-corrected chi connectivity index (χ4v) is 1.77. The maximum absolute atomic E-state index is 13.6. The van der Waals surface area contributed by atoms with Crippen LogP contribution >= 0.6 is 15.9 Å². The highest BCUT2D eigenvalue weighted by Gasteiger charge is 2.24. The SMILES string of the molecule is CCOC(=O)c1c(F)cccc1C(Br)C(C)=O. The predicted molar refractivity (Wildman–Crippen MR) is 64.7 cm³/mol. The number of ether oxygens (including phenoxy) is 1. The molecule has 0 radical (unpaired) electrons. The van der Waals surface area contributed by atoms with Gasteiger partial charge < -0.3 is 4.74 Å². The second kappa shape index (κ2) is 5.91. The van der Waals surface area contributed by atoms with E-state index in [-0.39, 0.29) is 23.5 Å². The van der Waals surface area contributed by atoms with Gasteiger partial charge in [0, 0.05) is 0 Å². The van der Waals surface area contributed by atoms with Crippen molar-refractivity contribution in [2.75, 3.05) is 6.61 Å². The van der Waals surface area contributed by atoms with Crippen LogP contribution in [0.5, 0.6) is 0 Å². The summed E-state index contributed by atoms with van der Waals surface area (Å²) in [5, 5.41) is 0. The van der Waals surface area contributed by atoms with E-state index in [2.05, 4.69) is 15.9 Å². The van der Waals surface area contributed by atoms with E-state index in [4.69, 9.17) is 4.74 Å². The Kier molecular flexibility index (Phi) is 4.81. The van der Waals surface area contributed by atoms with Gasteiger partial charge in [0.15, 0.2) is 0 Å². The molecule has 0 N–H and O–H groups in total. The fraction of sp³-hybridized carbons (Fsp3) is 0.333. The van der Waals surface area contributed by atoms with E-state index in [1.807, 2.05) is 0 Å². The molecule has 0 aliphatic rings. The third-order valence-electron chi connectivity index (χ3n) is 2.16. The maximum atomic E-state index is 13.6. The number of halogens is 2. The molecule has 1 aromatic rings. The van der Waals surface area contributed by atoms with E-state index >= 15 is 0 Å². The van der Waals surface area contributed by atoms with Crippen molar-refractivity contribution in [2.24, 2.45) is 0 Å². The van der Waals surface area contributed by atoms with Crippen LogP contribution in [0, 0.1) is 5.82 Å². The van der Waals surface area contributed by atoms with Crippen molar-refractivity contribution in [1.82, 2.24) is 0 Å². The maximum Gasteiger partial charge on any atom is 0.341 e. The standard InChI is InChI=1S/C12H12BrFO3/c1-3-17-12(16)10-8(11(13)7(2)15)5-4-6-9(10)14/h4-6,11H,3H2,1-2H3. The molecule has 0 saturated heterocycles. The van der Waals surface area contributed by atoms with Gasteiger partial charge in [-0.2, -0.15) is 0 Å². The zero-order valence-electron chi connectivity index (χ0n) is 9.50. The van der Waals surface area contributed by atoms with Crippen LogP contribution in [-0.2, 0) is 9.53 Å². The van der Waals surface area contributed by atoms with Crippen LogP contribution in [0.1, 0.15) is 34.6 Å². The molecule has 5 heteroatoms. The Hall–Kier alpha value is -1.23. The molecule has 3 nitrogen and oxygen atoms in total. The lowest BCUT2D eigenvalue weighted by molar-refractivity contribution is -0.116. The Labute approximate surface area is 107 Å². The van der Waals surface area contributed by atoms with Gasteiger partial charge in [0.2, 0.25) is 0 Å². The van der Waals surface area contributed by atoms with Crippen molar-refractivity contribution in [2.45, 2.75) is 18.7 Å². The Morgan fingerprint density at radius 1 is 1.47 bits per heavy atom. The van der Waals surface area contributed by atoms with Crippen molar-refractivity contribution < 1.29 is 18.7 Å². The molecule has 0 aliphatic heterocycles. The molecule has 92 valence electrons. The topological polar surface area (TPSA) is 43.4 Å². The Morgan fingerprint density at radius 2 is 2.12 bits per heavy atom. The van der Waals surface area contributed by atoms with Crippen LogP contribution in [0.25, 0.3) is 0 Å². The summed E-state index contributed by atoms with van der Waals surface area (Å²) in [6, 6.07) is 4.14. The zero-order chi connectivity index (χ0) is 13.0. The van der Waals surface area contributed by atoms with Crippen molar-refractivity contribution in [3.8, 4) is 0 Å². The predicted octanol–water partition coefficient (Wildman–Crippen LogP) is 3.03. The molecule has 1 atom stereocenters. The average Bonchev–Trinajstić information content (AvgIpc) is 2.27. The fourth-order valence-electron chi connectivity index (χ4n) is 1.39. The molecule has 1 rings (SSSR count). The summed E-state index contributed by atoms with van der Waals surface area (Å²) in [6.07, 6.45) is 0. The summed E-state index contributed by atoms with van der Waals surface area (Å²) < 4.78 is 18.4. The minimum absolute atomic E-state index is 0.152. The van der Waals surface area contributed by atoms with Crippen molar-refractivity contribution >= 4 is 27.7 Å². The quantitative estimate of drug-likeness (QED) is 0.634. The number of benzene rings is 1. The summed E-state index contributed by atoms with van der Waals surface area (Å²) >= 11 is 3.13. The van der Waals surface area contributed by atoms with Crippen LogP contribution in [-0.4, -0.2) is 18.4 Å². The lowest BCUT2D eigenvalue weighted by atomic mass is 10.0.